The van der Waals surface area contributed by atoms with Crippen molar-refractivity contribution in [3.8, 4) is 11.3 Å². The van der Waals surface area contributed by atoms with E-state index in [0.717, 1.165) is 33.3 Å². The lowest BCUT2D eigenvalue weighted by Gasteiger charge is -2.19. The van der Waals surface area contributed by atoms with Crippen LogP contribution >= 0.6 is 0 Å². The smallest absolute Gasteiger partial charge is 0.317 e. The predicted octanol–water partition coefficient (Wildman–Crippen LogP) is 5.21. The van der Waals surface area contributed by atoms with Crippen LogP contribution in [-0.2, 0) is 9.53 Å². The van der Waals surface area contributed by atoms with E-state index in [0.29, 0.717) is 0 Å². The Hall–Kier alpha value is -3.46. The highest BCUT2D eigenvalue weighted by Crippen LogP contribution is 2.34. The van der Waals surface area contributed by atoms with Gasteiger partial charge in [0.2, 0.25) is 0 Å². The summed E-state index contributed by atoms with van der Waals surface area (Å²) in [4.78, 5) is 17.6. The number of rotatable bonds is 4. The predicted molar refractivity (Wildman–Crippen MR) is 107 cm³/mol. The molecule has 0 aliphatic rings. The Morgan fingerprint density at radius 3 is 2.19 bits per heavy atom. The second kappa shape index (κ2) is 7.42. The van der Waals surface area contributed by atoms with Crippen molar-refractivity contribution < 1.29 is 9.53 Å². The average Bonchev–Trinajstić information content (AvgIpc) is 2.75. The molecule has 4 aromatic rings. The normalized spacial score (nSPS) is 11.9. The number of hydrogen-bond acceptors (Lipinski definition) is 3. The van der Waals surface area contributed by atoms with E-state index in [4.69, 9.17) is 9.72 Å². The molecule has 0 aliphatic heterocycles. The third-order valence-electron chi connectivity index (χ3n) is 4.70. The van der Waals surface area contributed by atoms with Gasteiger partial charge in [0, 0.05) is 10.9 Å². The van der Waals surface area contributed by atoms with E-state index < -0.39 is 5.92 Å². The standard InChI is InChI=1S/C24H19NO2/c1-27-24(26)23(18-12-6-3-7-13-18)20-16-22(17-10-4-2-5-11-17)25-21-15-9-8-14-19(20)21/h2-16,23H,1H3. The Labute approximate surface area is 158 Å². The number of hydrogen-bond donors (Lipinski definition) is 0. The van der Waals surface area contributed by atoms with Gasteiger partial charge in [-0.1, -0.05) is 78.9 Å². The van der Waals surface area contributed by atoms with E-state index in [1.54, 1.807) is 0 Å². The molecule has 0 saturated heterocycles. The maximum atomic E-state index is 12.8. The molecule has 4 rings (SSSR count). The van der Waals surface area contributed by atoms with Gasteiger partial charge in [-0.15, -0.1) is 0 Å². The summed E-state index contributed by atoms with van der Waals surface area (Å²) in [5, 5.41) is 0.955. The van der Waals surface area contributed by atoms with Gasteiger partial charge in [0.15, 0.2) is 0 Å². The number of benzene rings is 3. The van der Waals surface area contributed by atoms with Gasteiger partial charge in [-0.2, -0.15) is 0 Å². The molecule has 0 bridgehead atoms. The zero-order valence-corrected chi connectivity index (χ0v) is 15.0. The van der Waals surface area contributed by atoms with Crippen molar-refractivity contribution in [3.05, 3.63) is 102 Å². The molecule has 1 unspecified atom stereocenters. The number of fused-ring (bicyclic) bond motifs is 1. The van der Waals surface area contributed by atoms with Gasteiger partial charge < -0.3 is 4.74 Å². The van der Waals surface area contributed by atoms with Crippen LogP contribution < -0.4 is 0 Å². The van der Waals surface area contributed by atoms with Crippen LogP contribution in [0.1, 0.15) is 17.0 Å². The fourth-order valence-electron chi connectivity index (χ4n) is 3.40. The summed E-state index contributed by atoms with van der Waals surface area (Å²) < 4.78 is 5.16. The van der Waals surface area contributed by atoms with E-state index in [9.17, 15) is 4.79 Å². The first kappa shape index (κ1) is 17.0. The van der Waals surface area contributed by atoms with E-state index in [1.807, 2.05) is 91.0 Å². The van der Waals surface area contributed by atoms with E-state index >= 15 is 0 Å². The number of ether oxygens (including phenoxy) is 1. The van der Waals surface area contributed by atoms with Crippen LogP contribution in [-0.4, -0.2) is 18.1 Å². The van der Waals surface area contributed by atoms with Crippen molar-refractivity contribution >= 4 is 16.9 Å². The first-order chi connectivity index (χ1) is 13.3. The van der Waals surface area contributed by atoms with Crippen molar-refractivity contribution in [1.29, 1.82) is 0 Å². The molecule has 0 aliphatic carbocycles. The quantitative estimate of drug-likeness (QED) is 0.473. The zero-order chi connectivity index (χ0) is 18.6. The Kier molecular flexibility index (Phi) is 4.67. The number of para-hydroxylation sites is 1. The van der Waals surface area contributed by atoms with Gasteiger partial charge in [-0.25, -0.2) is 4.98 Å². The fourth-order valence-corrected chi connectivity index (χ4v) is 3.40. The Bertz CT molecular complexity index is 1080. The lowest BCUT2D eigenvalue weighted by atomic mass is 9.88. The number of esters is 1. The largest absolute Gasteiger partial charge is 0.468 e. The summed E-state index contributed by atoms with van der Waals surface area (Å²) in [6.45, 7) is 0. The van der Waals surface area contributed by atoms with Crippen LogP contribution in [0.15, 0.2) is 91.0 Å². The molecule has 0 amide bonds. The minimum absolute atomic E-state index is 0.281. The van der Waals surface area contributed by atoms with Crippen molar-refractivity contribution in [2.24, 2.45) is 0 Å². The SMILES string of the molecule is COC(=O)C(c1ccccc1)c1cc(-c2ccccc2)nc2ccccc12. The molecule has 0 saturated carbocycles. The summed E-state index contributed by atoms with van der Waals surface area (Å²) in [5.41, 5.74) is 4.52. The van der Waals surface area contributed by atoms with Crippen molar-refractivity contribution in [2.45, 2.75) is 5.92 Å². The highest BCUT2D eigenvalue weighted by atomic mass is 16.5. The van der Waals surface area contributed by atoms with Gasteiger partial charge in [-0.05, 0) is 23.3 Å². The van der Waals surface area contributed by atoms with Gasteiger partial charge in [0.1, 0.15) is 5.92 Å². The Balaban J connectivity index is 1.99. The Morgan fingerprint density at radius 2 is 1.48 bits per heavy atom. The third kappa shape index (κ3) is 3.32. The highest BCUT2D eigenvalue weighted by Gasteiger charge is 2.26. The van der Waals surface area contributed by atoms with Gasteiger partial charge in [0.25, 0.3) is 0 Å². The average molecular weight is 353 g/mol. The fraction of sp³-hybridized carbons (Fsp3) is 0.0833. The second-order valence-corrected chi connectivity index (χ2v) is 6.35. The van der Waals surface area contributed by atoms with Crippen LogP contribution in [0.3, 0.4) is 0 Å². The van der Waals surface area contributed by atoms with Crippen LogP contribution in [0.2, 0.25) is 0 Å². The van der Waals surface area contributed by atoms with Crippen LogP contribution in [0.4, 0.5) is 0 Å². The monoisotopic (exact) mass is 353 g/mol. The molecule has 0 N–H and O–H groups in total. The van der Waals surface area contributed by atoms with Gasteiger partial charge in [-0.3, -0.25) is 4.79 Å². The van der Waals surface area contributed by atoms with Crippen molar-refractivity contribution in [3.63, 3.8) is 0 Å². The molecule has 3 heteroatoms. The zero-order valence-electron chi connectivity index (χ0n) is 15.0. The summed E-state index contributed by atoms with van der Waals surface area (Å²) in [6, 6.07) is 29.7. The molecule has 1 aromatic heterocycles. The highest BCUT2D eigenvalue weighted by molar-refractivity contribution is 5.93. The minimum atomic E-state index is -0.508. The topological polar surface area (TPSA) is 39.2 Å². The number of carbonyl (C=O) groups is 1. The summed E-state index contributed by atoms with van der Waals surface area (Å²) in [7, 11) is 1.43. The summed E-state index contributed by atoms with van der Waals surface area (Å²) in [5.74, 6) is -0.789. The maximum Gasteiger partial charge on any atom is 0.317 e. The minimum Gasteiger partial charge on any atom is -0.468 e. The van der Waals surface area contributed by atoms with Crippen LogP contribution in [0.25, 0.3) is 22.2 Å². The second-order valence-electron chi connectivity index (χ2n) is 6.35. The molecule has 1 atom stereocenters. The molecular weight excluding hydrogens is 334 g/mol. The van der Waals surface area contributed by atoms with Gasteiger partial charge in [0.05, 0.1) is 18.3 Å². The number of carbonyl (C=O) groups excluding carboxylic acids is 1. The number of nitrogens with zero attached hydrogens (tertiary/aromatic N) is 1. The summed E-state index contributed by atoms with van der Waals surface area (Å²) >= 11 is 0. The van der Waals surface area contributed by atoms with Gasteiger partial charge >= 0.3 is 5.97 Å². The lowest BCUT2D eigenvalue weighted by Crippen LogP contribution is -2.16. The maximum absolute atomic E-state index is 12.8. The third-order valence-corrected chi connectivity index (χ3v) is 4.70. The number of pyridine rings is 1. The Morgan fingerprint density at radius 1 is 0.852 bits per heavy atom. The molecule has 1 heterocycles. The molecule has 0 radical (unpaired) electrons. The molecule has 3 aromatic carbocycles. The molecule has 0 fully saturated rings. The first-order valence-corrected chi connectivity index (χ1v) is 8.86. The van der Waals surface area contributed by atoms with Crippen molar-refractivity contribution in [1.82, 2.24) is 4.98 Å². The van der Waals surface area contributed by atoms with Crippen LogP contribution in [0.5, 0.6) is 0 Å². The molecule has 27 heavy (non-hydrogen) atoms. The van der Waals surface area contributed by atoms with E-state index in [1.165, 1.54) is 7.11 Å². The van der Waals surface area contributed by atoms with E-state index in [-0.39, 0.29) is 5.97 Å². The van der Waals surface area contributed by atoms with Crippen molar-refractivity contribution in [2.75, 3.05) is 7.11 Å². The number of aromatic nitrogens is 1. The van der Waals surface area contributed by atoms with Crippen LogP contribution in [0, 0.1) is 0 Å². The number of methoxy groups -OCH3 is 1. The molecular formula is C24H19NO2. The molecule has 3 nitrogen and oxygen atoms in total. The van der Waals surface area contributed by atoms with E-state index in [2.05, 4.69) is 0 Å². The lowest BCUT2D eigenvalue weighted by molar-refractivity contribution is -0.141. The molecule has 0 spiro atoms. The summed E-state index contributed by atoms with van der Waals surface area (Å²) in [6.07, 6.45) is 0. The first-order valence-electron chi connectivity index (χ1n) is 8.86. The molecule has 132 valence electrons.